The Hall–Kier alpha value is -1.48. The van der Waals surface area contributed by atoms with Crippen LogP contribution in [0.4, 0.5) is 0 Å². The first-order valence-electron chi connectivity index (χ1n) is 5.29. The number of hydrogen-bond donors (Lipinski definition) is 2. The van der Waals surface area contributed by atoms with Crippen molar-refractivity contribution in [3.05, 3.63) is 47.8 Å². The lowest BCUT2D eigenvalue weighted by Gasteiger charge is -2.14. The molecular weight excluding hydrogens is 186 g/mol. The summed E-state index contributed by atoms with van der Waals surface area (Å²) < 4.78 is 0. The number of rotatable bonds is 3. The Morgan fingerprint density at radius 1 is 1.20 bits per heavy atom. The molecule has 1 heterocycles. The Labute approximate surface area is 90.7 Å². The molecule has 0 aliphatic carbocycles. The van der Waals surface area contributed by atoms with Gasteiger partial charge in [-0.3, -0.25) is 5.01 Å². The zero-order valence-electron chi connectivity index (χ0n) is 9.20. The molecule has 0 spiro atoms. The summed E-state index contributed by atoms with van der Waals surface area (Å²) in [6.07, 6.45) is 2.12. The van der Waals surface area contributed by atoms with Crippen molar-refractivity contribution >= 4 is 0 Å². The fourth-order valence-corrected chi connectivity index (χ4v) is 1.53. The maximum Gasteiger partial charge on any atom is 0.0606 e. The van der Waals surface area contributed by atoms with Gasteiger partial charge in [0.05, 0.1) is 6.54 Å². The van der Waals surface area contributed by atoms with E-state index in [4.69, 9.17) is 0 Å². The van der Waals surface area contributed by atoms with E-state index in [1.54, 1.807) is 0 Å². The second-order valence-corrected chi connectivity index (χ2v) is 4.09. The number of allylic oxidation sites excluding steroid dienone is 1. The third-order valence-corrected chi connectivity index (χ3v) is 2.46. The molecule has 0 aromatic heterocycles. The lowest BCUT2D eigenvalue weighted by atomic mass is 10.1. The highest BCUT2D eigenvalue weighted by Crippen LogP contribution is 2.12. The fraction of sp³-hybridized carbons (Fsp3) is 0.333. The normalized spacial score (nSPS) is 15.4. The summed E-state index contributed by atoms with van der Waals surface area (Å²) in [5, 5.41) is 2.06. The first-order chi connectivity index (χ1) is 7.25. The molecule has 2 rings (SSSR count). The van der Waals surface area contributed by atoms with E-state index in [0.717, 1.165) is 6.54 Å². The van der Waals surface area contributed by atoms with E-state index in [9.17, 15) is 0 Å². The van der Waals surface area contributed by atoms with Crippen molar-refractivity contribution in [1.82, 2.24) is 16.0 Å². The maximum atomic E-state index is 3.16. The molecule has 0 saturated carbocycles. The summed E-state index contributed by atoms with van der Waals surface area (Å²) in [6.45, 7) is 5.23. The van der Waals surface area contributed by atoms with Crippen molar-refractivity contribution in [2.75, 3.05) is 0 Å². The lowest BCUT2D eigenvalue weighted by molar-refractivity contribution is 0.261. The Morgan fingerprint density at radius 2 is 1.93 bits per heavy atom. The summed E-state index contributed by atoms with van der Waals surface area (Å²) >= 11 is 0. The summed E-state index contributed by atoms with van der Waals surface area (Å²) in [7, 11) is 0. The molecule has 0 radical (unpaired) electrons. The van der Waals surface area contributed by atoms with Crippen LogP contribution >= 0.6 is 0 Å². The van der Waals surface area contributed by atoms with Gasteiger partial charge in [0.2, 0.25) is 0 Å². The van der Waals surface area contributed by atoms with Crippen LogP contribution in [0.5, 0.6) is 0 Å². The molecule has 0 saturated heterocycles. The van der Waals surface area contributed by atoms with E-state index in [1.165, 1.54) is 11.3 Å². The molecule has 1 aromatic carbocycles. The summed E-state index contributed by atoms with van der Waals surface area (Å²) in [5.41, 5.74) is 8.82. The zero-order valence-corrected chi connectivity index (χ0v) is 9.20. The van der Waals surface area contributed by atoms with Crippen LogP contribution in [0.3, 0.4) is 0 Å². The number of nitrogens with zero attached hydrogens (tertiary/aromatic N) is 1. The highest BCUT2D eigenvalue weighted by atomic mass is 15.7. The molecule has 0 unspecified atom stereocenters. The molecule has 1 aliphatic heterocycles. The quantitative estimate of drug-likeness (QED) is 0.787. The number of benzene rings is 1. The number of nitrogens with one attached hydrogen (secondary N) is 2. The van der Waals surface area contributed by atoms with Crippen molar-refractivity contribution in [2.45, 2.75) is 20.4 Å². The van der Waals surface area contributed by atoms with Crippen LogP contribution in [0.1, 0.15) is 19.4 Å². The standard InChI is InChI=1S/C12H17N3/c1-10(2)12-9-15(14-13-12)8-11-6-4-3-5-7-11/h3-7,9-10,13-14H,8H2,1-2H3. The summed E-state index contributed by atoms with van der Waals surface area (Å²) in [6, 6.07) is 10.4. The van der Waals surface area contributed by atoms with Gasteiger partial charge >= 0.3 is 0 Å². The van der Waals surface area contributed by atoms with Gasteiger partial charge in [0, 0.05) is 11.9 Å². The minimum atomic E-state index is 0.526. The SMILES string of the molecule is CC(C)C1=CN(Cc2ccccc2)NN1. The van der Waals surface area contributed by atoms with Gasteiger partial charge in [0.25, 0.3) is 0 Å². The molecule has 0 bridgehead atoms. The number of hydrogen-bond acceptors (Lipinski definition) is 3. The third-order valence-electron chi connectivity index (χ3n) is 2.46. The molecule has 15 heavy (non-hydrogen) atoms. The molecule has 3 nitrogen and oxygen atoms in total. The van der Waals surface area contributed by atoms with Crippen LogP contribution in [0.15, 0.2) is 42.2 Å². The van der Waals surface area contributed by atoms with Crippen LogP contribution in [-0.4, -0.2) is 5.01 Å². The molecule has 1 aromatic rings. The predicted molar refractivity (Wildman–Crippen MR) is 61.2 cm³/mol. The van der Waals surface area contributed by atoms with Gasteiger partial charge in [-0.05, 0) is 11.5 Å². The first kappa shape index (κ1) is 10.1. The van der Waals surface area contributed by atoms with Gasteiger partial charge in [-0.2, -0.15) is 0 Å². The van der Waals surface area contributed by atoms with Crippen molar-refractivity contribution in [1.29, 1.82) is 0 Å². The average molecular weight is 203 g/mol. The largest absolute Gasteiger partial charge is 0.306 e. The summed E-state index contributed by atoms with van der Waals surface area (Å²) in [5.74, 6) is 0.526. The Bertz CT molecular complexity index is 343. The van der Waals surface area contributed by atoms with Gasteiger partial charge in [-0.1, -0.05) is 44.2 Å². The minimum absolute atomic E-state index is 0.526. The molecule has 0 amide bonds. The van der Waals surface area contributed by atoms with E-state index in [0.29, 0.717) is 5.92 Å². The van der Waals surface area contributed by atoms with Crippen molar-refractivity contribution in [2.24, 2.45) is 5.92 Å². The fourth-order valence-electron chi connectivity index (χ4n) is 1.53. The maximum absolute atomic E-state index is 3.16. The molecule has 80 valence electrons. The van der Waals surface area contributed by atoms with Gasteiger partial charge in [-0.15, -0.1) is 5.53 Å². The molecule has 2 N–H and O–H groups in total. The second-order valence-electron chi connectivity index (χ2n) is 4.09. The monoisotopic (exact) mass is 203 g/mol. The minimum Gasteiger partial charge on any atom is -0.306 e. The van der Waals surface area contributed by atoms with Gasteiger partial charge in [0.15, 0.2) is 0 Å². The van der Waals surface area contributed by atoms with Crippen molar-refractivity contribution in [3.8, 4) is 0 Å². The zero-order chi connectivity index (χ0) is 10.7. The van der Waals surface area contributed by atoms with E-state index in [2.05, 4.69) is 60.3 Å². The Balaban J connectivity index is 1.98. The first-order valence-corrected chi connectivity index (χ1v) is 5.29. The van der Waals surface area contributed by atoms with Crippen molar-refractivity contribution in [3.63, 3.8) is 0 Å². The third kappa shape index (κ3) is 2.50. The highest BCUT2D eigenvalue weighted by molar-refractivity contribution is 5.15. The molecule has 1 aliphatic rings. The van der Waals surface area contributed by atoms with Crippen LogP contribution in [-0.2, 0) is 6.54 Å². The predicted octanol–water partition coefficient (Wildman–Crippen LogP) is 2.01. The van der Waals surface area contributed by atoms with Gasteiger partial charge in [0.1, 0.15) is 0 Å². The molecule has 3 heteroatoms. The highest BCUT2D eigenvalue weighted by Gasteiger charge is 2.13. The van der Waals surface area contributed by atoms with E-state index < -0.39 is 0 Å². The number of hydrazine groups is 2. The smallest absolute Gasteiger partial charge is 0.0606 e. The van der Waals surface area contributed by atoms with Gasteiger partial charge in [-0.25, -0.2) is 0 Å². The topological polar surface area (TPSA) is 27.3 Å². The van der Waals surface area contributed by atoms with Crippen LogP contribution in [0.2, 0.25) is 0 Å². The summed E-state index contributed by atoms with van der Waals surface area (Å²) in [4.78, 5) is 0. The second kappa shape index (κ2) is 4.36. The average Bonchev–Trinajstić information content (AvgIpc) is 2.68. The molecule has 0 fully saturated rings. The van der Waals surface area contributed by atoms with E-state index in [1.807, 2.05) is 6.07 Å². The Kier molecular flexibility index (Phi) is 2.92. The lowest BCUT2D eigenvalue weighted by Crippen LogP contribution is -2.36. The molecule has 0 atom stereocenters. The van der Waals surface area contributed by atoms with Gasteiger partial charge < -0.3 is 5.43 Å². The molecular formula is C12H17N3. The Morgan fingerprint density at radius 3 is 2.53 bits per heavy atom. The van der Waals surface area contributed by atoms with E-state index in [-0.39, 0.29) is 0 Å². The van der Waals surface area contributed by atoms with Crippen LogP contribution in [0, 0.1) is 5.92 Å². The van der Waals surface area contributed by atoms with Crippen LogP contribution in [0.25, 0.3) is 0 Å². The van der Waals surface area contributed by atoms with E-state index >= 15 is 0 Å². The van der Waals surface area contributed by atoms with Crippen LogP contribution < -0.4 is 11.0 Å². The van der Waals surface area contributed by atoms with Crippen molar-refractivity contribution < 1.29 is 0 Å².